The van der Waals surface area contributed by atoms with Gasteiger partial charge in [0.05, 0.1) is 12.5 Å². The number of urea groups is 1. The largest absolute Gasteiger partial charge is 0.481 e. The summed E-state index contributed by atoms with van der Waals surface area (Å²) in [6, 6.07) is 9.86. The molecule has 2 N–H and O–H groups in total. The second-order valence-electron chi connectivity index (χ2n) is 7.22. The van der Waals surface area contributed by atoms with E-state index in [2.05, 4.69) is 20.1 Å². The van der Waals surface area contributed by atoms with Gasteiger partial charge in [0, 0.05) is 24.7 Å². The maximum absolute atomic E-state index is 12.6. The molecule has 1 aromatic heterocycles. The van der Waals surface area contributed by atoms with Gasteiger partial charge in [-0.05, 0) is 25.7 Å². The van der Waals surface area contributed by atoms with Gasteiger partial charge in [-0.2, -0.15) is 0 Å². The molecule has 0 bridgehead atoms. The molecule has 1 aliphatic carbocycles. The number of carboxylic acids is 1. The summed E-state index contributed by atoms with van der Waals surface area (Å²) in [5.41, 5.74) is 1.02. The third-order valence-corrected chi connectivity index (χ3v) is 5.48. The minimum Gasteiger partial charge on any atom is -0.481 e. The molecule has 142 valence electrons. The van der Waals surface area contributed by atoms with E-state index in [0.717, 1.165) is 17.2 Å². The quantitative estimate of drug-likeness (QED) is 0.863. The Morgan fingerprint density at radius 3 is 2.48 bits per heavy atom. The Morgan fingerprint density at radius 1 is 1.04 bits per heavy atom. The Morgan fingerprint density at radius 2 is 1.78 bits per heavy atom. The molecule has 1 fully saturated rings. The maximum atomic E-state index is 12.6. The van der Waals surface area contributed by atoms with E-state index in [1.807, 2.05) is 30.3 Å². The number of benzene rings is 1. The molecule has 27 heavy (non-hydrogen) atoms. The van der Waals surface area contributed by atoms with Gasteiger partial charge in [-0.15, -0.1) is 10.2 Å². The monoisotopic (exact) mass is 369 g/mol. The zero-order valence-electron chi connectivity index (χ0n) is 15.0. The Bertz CT molecular complexity index is 827. The predicted molar refractivity (Wildman–Crippen MR) is 97.8 cm³/mol. The number of nitrogens with zero attached hydrogens (tertiary/aromatic N) is 4. The van der Waals surface area contributed by atoms with Crippen molar-refractivity contribution in [3.8, 4) is 11.4 Å². The van der Waals surface area contributed by atoms with Crippen LogP contribution in [0.5, 0.6) is 0 Å². The third-order valence-electron chi connectivity index (χ3n) is 5.48. The number of carboxylic acid groups (broad SMARTS) is 1. The molecule has 0 spiro atoms. The molecular formula is C19H23N5O3. The van der Waals surface area contributed by atoms with Crippen molar-refractivity contribution in [1.29, 1.82) is 0 Å². The van der Waals surface area contributed by atoms with Crippen LogP contribution in [0.4, 0.5) is 4.79 Å². The van der Waals surface area contributed by atoms with E-state index in [-0.39, 0.29) is 18.0 Å². The first-order valence-electron chi connectivity index (χ1n) is 9.37. The molecule has 2 aromatic rings. The first-order valence-corrected chi connectivity index (χ1v) is 9.37. The minimum atomic E-state index is -0.732. The lowest BCUT2D eigenvalue weighted by Gasteiger charge is -2.32. The van der Waals surface area contributed by atoms with Crippen molar-refractivity contribution in [2.75, 3.05) is 6.54 Å². The number of nitrogens with one attached hydrogen (secondary N) is 1. The van der Waals surface area contributed by atoms with Gasteiger partial charge in [-0.3, -0.25) is 4.79 Å². The van der Waals surface area contributed by atoms with Gasteiger partial charge in [0.15, 0.2) is 11.6 Å². The fourth-order valence-electron chi connectivity index (χ4n) is 3.88. The highest BCUT2D eigenvalue weighted by Gasteiger charge is 2.29. The highest BCUT2D eigenvalue weighted by molar-refractivity contribution is 5.75. The molecule has 4 rings (SSSR count). The highest BCUT2D eigenvalue weighted by atomic mass is 16.4. The van der Waals surface area contributed by atoms with E-state index >= 15 is 0 Å². The van der Waals surface area contributed by atoms with Crippen molar-refractivity contribution in [3.63, 3.8) is 0 Å². The van der Waals surface area contributed by atoms with Crippen molar-refractivity contribution in [2.24, 2.45) is 5.92 Å². The number of carbonyl (C=O) groups excluding carboxylic acids is 1. The molecule has 8 heteroatoms. The Kier molecular flexibility index (Phi) is 4.79. The van der Waals surface area contributed by atoms with E-state index in [0.29, 0.717) is 45.3 Å². The lowest BCUT2D eigenvalue weighted by atomic mass is 9.86. The third kappa shape index (κ3) is 3.65. The fourth-order valence-corrected chi connectivity index (χ4v) is 3.88. The predicted octanol–water partition coefficient (Wildman–Crippen LogP) is 2.11. The van der Waals surface area contributed by atoms with E-state index in [1.165, 1.54) is 0 Å². The van der Waals surface area contributed by atoms with Crippen LogP contribution in [-0.4, -0.2) is 49.4 Å². The Balaban J connectivity index is 1.37. The minimum absolute atomic E-state index is 0.0489. The van der Waals surface area contributed by atoms with Crippen molar-refractivity contribution in [2.45, 2.75) is 44.8 Å². The van der Waals surface area contributed by atoms with Crippen molar-refractivity contribution in [3.05, 3.63) is 36.2 Å². The van der Waals surface area contributed by atoms with Crippen LogP contribution in [0.2, 0.25) is 0 Å². The van der Waals surface area contributed by atoms with Crippen molar-refractivity contribution >= 4 is 12.0 Å². The second-order valence-corrected chi connectivity index (χ2v) is 7.22. The summed E-state index contributed by atoms with van der Waals surface area (Å²) in [6.07, 6.45) is 2.67. The van der Waals surface area contributed by atoms with Crippen LogP contribution in [0, 0.1) is 5.92 Å². The first kappa shape index (κ1) is 17.5. The van der Waals surface area contributed by atoms with Crippen molar-refractivity contribution < 1.29 is 14.7 Å². The summed E-state index contributed by atoms with van der Waals surface area (Å²) >= 11 is 0. The molecule has 8 nitrogen and oxygen atoms in total. The molecule has 0 atom stereocenters. The average molecular weight is 369 g/mol. The maximum Gasteiger partial charge on any atom is 0.318 e. The second kappa shape index (κ2) is 7.38. The average Bonchev–Trinajstić information content (AvgIpc) is 3.12. The van der Waals surface area contributed by atoms with E-state index < -0.39 is 5.97 Å². The summed E-state index contributed by atoms with van der Waals surface area (Å²) in [5, 5.41) is 20.7. The summed E-state index contributed by atoms with van der Waals surface area (Å²) in [4.78, 5) is 25.4. The van der Waals surface area contributed by atoms with E-state index in [1.54, 1.807) is 4.90 Å². The number of fused-ring (bicyclic) bond motifs is 1. The SMILES string of the molecule is O=C(O)C1CCC(NC(=O)N2CCn3c(nnc3-c3ccccc3)C2)CC1. The number of amides is 2. The van der Waals surface area contributed by atoms with Gasteiger partial charge >= 0.3 is 12.0 Å². The lowest BCUT2D eigenvalue weighted by molar-refractivity contribution is -0.142. The normalized spacial score (nSPS) is 22.1. The molecule has 0 unspecified atom stereocenters. The molecular weight excluding hydrogens is 346 g/mol. The molecule has 0 radical (unpaired) electrons. The molecule has 2 aliphatic rings. The molecule has 2 amide bonds. The zero-order chi connectivity index (χ0) is 18.8. The van der Waals surface area contributed by atoms with Gasteiger partial charge in [-0.1, -0.05) is 30.3 Å². The van der Waals surface area contributed by atoms with Gasteiger partial charge in [0.25, 0.3) is 0 Å². The number of rotatable bonds is 3. The Labute approximate surface area is 157 Å². The highest BCUT2D eigenvalue weighted by Crippen LogP contribution is 2.25. The van der Waals surface area contributed by atoms with E-state index in [9.17, 15) is 9.59 Å². The molecule has 0 saturated heterocycles. The van der Waals surface area contributed by atoms with Crippen molar-refractivity contribution in [1.82, 2.24) is 25.0 Å². The van der Waals surface area contributed by atoms with Crippen LogP contribution < -0.4 is 5.32 Å². The van der Waals surface area contributed by atoms with Crippen LogP contribution in [0.3, 0.4) is 0 Å². The van der Waals surface area contributed by atoms with Crippen LogP contribution in [0.15, 0.2) is 30.3 Å². The molecule has 1 saturated carbocycles. The van der Waals surface area contributed by atoms with Gasteiger partial charge in [0.1, 0.15) is 0 Å². The van der Waals surface area contributed by atoms with Gasteiger partial charge in [-0.25, -0.2) is 4.79 Å². The van der Waals surface area contributed by atoms with Crippen LogP contribution in [0.25, 0.3) is 11.4 Å². The topological polar surface area (TPSA) is 100 Å². The number of aliphatic carboxylic acids is 1. The first-order chi connectivity index (χ1) is 13.1. The fraction of sp³-hybridized carbons (Fsp3) is 0.474. The smallest absolute Gasteiger partial charge is 0.318 e. The zero-order valence-corrected chi connectivity index (χ0v) is 15.0. The van der Waals surface area contributed by atoms with Crippen LogP contribution >= 0.6 is 0 Å². The standard InChI is InChI=1S/C19H23N5O3/c25-18(26)14-6-8-15(9-7-14)20-19(27)23-10-11-24-16(12-23)21-22-17(24)13-4-2-1-3-5-13/h1-5,14-15H,6-12H2,(H,20,27)(H,25,26). The van der Waals surface area contributed by atoms with Crippen LogP contribution in [-0.2, 0) is 17.9 Å². The molecule has 1 aliphatic heterocycles. The summed E-state index contributed by atoms with van der Waals surface area (Å²) in [7, 11) is 0. The number of aromatic nitrogens is 3. The number of carbonyl (C=O) groups is 2. The number of hydrogen-bond acceptors (Lipinski definition) is 4. The van der Waals surface area contributed by atoms with Crippen LogP contribution in [0.1, 0.15) is 31.5 Å². The Hall–Kier alpha value is -2.90. The van der Waals surface area contributed by atoms with E-state index in [4.69, 9.17) is 5.11 Å². The number of hydrogen-bond donors (Lipinski definition) is 2. The summed E-state index contributed by atoms with van der Waals surface area (Å²) in [6.45, 7) is 1.68. The summed E-state index contributed by atoms with van der Waals surface area (Å²) in [5.74, 6) is 0.606. The summed E-state index contributed by atoms with van der Waals surface area (Å²) < 4.78 is 2.07. The molecule has 1 aromatic carbocycles. The molecule has 2 heterocycles. The van der Waals surface area contributed by atoms with Gasteiger partial charge < -0.3 is 19.9 Å². The lowest BCUT2D eigenvalue weighted by Crippen LogP contribution is -2.48. The van der Waals surface area contributed by atoms with Gasteiger partial charge in [0.2, 0.25) is 0 Å².